The fourth-order valence-corrected chi connectivity index (χ4v) is 18.5. The molecule has 10 N–H and O–H groups in total. The molecule has 3 saturated heterocycles. The molecule has 5 amide bonds. The van der Waals surface area contributed by atoms with Gasteiger partial charge in [0.25, 0.3) is 47.4 Å². The number of esters is 5. The molecule has 122 heavy (non-hydrogen) atoms. The van der Waals surface area contributed by atoms with Gasteiger partial charge < -0.3 is 74.6 Å². The van der Waals surface area contributed by atoms with Crippen molar-refractivity contribution in [2.45, 2.75) is 108 Å². The summed E-state index contributed by atoms with van der Waals surface area (Å²) in [6.07, 6.45) is 5.16. The van der Waals surface area contributed by atoms with Crippen molar-refractivity contribution in [2.75, 3.05) is 99.9 Å². The summed E-state index contributed by atoms with van der Waals surface area (Å²) in [7, 11) is 3.55. The number of halogens is 6. The molecule has 6 aliphatic heterocycles. The van der Waals surface area contributed by atoms with Crippen molar-refractivity contribution in [3.05, 3.63) is 167 Å². The molecule has 3 fully saturated rings. The molecule has 0 saturated carbocycles. The molecule has 0 bridgehead atoms. The van der Waals surface area contributed by atoms with E-state index < -0.39 is 71.8 Å². The number of likely N-dealkylation sites (tertiary alicyclic amines) is 3. The number of aliphatic hydroxyl groups excluding tert-OH is 1. The van der Waals surface area contributed by atoms with Crippen LogP contribution in [0.1, 0.15) is 117 Å². The maximum absolute atomic E-state index is 13.5. The lowest BCUT2D eigenvalue weighted by molar-refractivity contribution is -0.146. The Morgan fingerprint density at radius 3 is 1.22 bits per heavy atom. The van der Waals surface area contributed by atoms with Gasteiger partial charge in [-0.25, -0.2) is 29.4 Å². The molecule has 10 heterocycles. The minimum absolute atomic E-state index is 0.00282. The molecule has 3 aromatic carbocycles. The van der Waals surface area contributed by atoms with E-state index in [1.54, 1.807) is 67.2 Å². The number of nitrogens with one attached hydrogen (secondary N) is 9. The number of aromatic amines is 2. The van der Waals surface area contributed by atoms with Crippen molar-refractivity contribution in [1.82, 2.24) is 82.4 Å². The second-order valence-corrected chi connectivity index (χ2v) is 32.6. The van der Waals surface area contributed by atoms with Crippen LogP contribution in [0.4, 0.5) is 0 Å². The van der Waals surface area contributed by atoms with Crippen molar-refractivity contribution >= 4 is 190 Å². The molecule has 6 atom stereocenters. The average Bonchev–Trinajstić information content (AvgIpc) is 1.19. The summed E-state index contributed by atoms with van der Waals surface area (Å²) >= 11 is 42.1. The minimum Gasteiger partial charge on any atom is -0.467 e. The molecule has 0 spiro atoms. The summed E-state index contributed by atoms with van der Waals surface area (Å²) in [5.74, 6) is -4.83. The number of aromatic nitrogens is 4. The maximum Gasteiger partial charge on any atom is 0.330 e. The van der Waals surface area contributed by atoms with E-state index in [1.165, 1.54) is 57.9 Å². The number of nitrogens with zero attached hydrogens (tertiary/aromatic N) is 13. The Morgan fingerprint density at radius 2 is 0.877 bits per heavy atom. The zero-order chi connectivity index (χ0) is 87.8. The predicted molar refractivity (Wildman–Crippen MR) is 451 cm³/mol. The first-order chi connectivity index (χ1) is 58.5. The van der Waals surface area contributed by atoms with E-state index in [9.17, 15) is 53.1 Å². The highest BCUT2D eigenvalue weighted by atomic mass is 35.5. The van der Waals surface area contributed by atoms with Gasteiger partial charge in [0.1, 0.15) is 30.3 Å². The van der Waals surface area contributed by atoms with Gasteiger partial charge in [0.2, 0.25) is 0 Å². The van der Waals surface area contributed by atoms with Gasteiger partial charge in [0.15, 0.2) is 0 Å². The van der Waals surface area contributed by atoms with Crippen molar-refractivity contribution in [2.24, 2.45) is 15.0 Å². The van der Waals surface area contributed by atoms with Crippen molar-refractivity contribution in [1.29, 1.82) is 0 Å². The zero-order valence-corrected chi connectivity index (χ0v) is 72.0. The third kappa shape index (κ3) is 22.1. The molecule has 0 radical (unpaired) electrons. The van der Waals surface area contributed by atoms with Gasteiger partial charge in [-0.3, -0.25) is 43.8 Å². The lowest BCUT2D eigenvalue weighted by Gasteiger charge is -2.30. The van der Waals surface area contributed by atoms with E-state index in [4.69, 9.17) is 113 Å². The first kappa shape index (κ1) is 91.4. The lowest BCUT2D eigenvalue weighted by Crippen LogP contribution is -2.45. The zero-order valence-electron chi connectivity index (χ0n) is 65.8. The van der Waals surface area contributed by atoms with Crippen LogP contribution < -0.4 is 37.5 Å². The van der Waals surface area contributed by atoms with Gasteiger partial charge in [-0.05, 0) is 95.9 Å². The number of guanidine groups is 3. The van der Waals surface area contributed by atoms with Gasteiger partial charge in [-0.2, -0.15) is 44.8 Å². The maximum atomic E-state index is 13.5. The number of β-amino-alcohol motifs (C(OH)–C–C–N with tert-alkyl or cyclic N) is 1. The molecule has 13 rings (SSSR count). The molecular formula is C76H80Cl6N22O16S2. The van der Waals surface area contributed by atoms with Crippen molar-refractivity contribution < 1.29 is 76.7 Å². The van der Waals surface area contributed by atoms with Gasteiger partial charge in [-0.15, -0.1) is 22.7 Å². The second-order valence-electron chi connectivity index (χ2n) is 28.1. The first-order valence-corrected chi connectivity index (χ1v) is 41.5. The third-order valence-electron chi connectivity index (χ3n) is 20.1. The summed E-state index contributed by atoms with van der Waals surface area (Å²) in [6.45, 7) is 28.4. The Hall–Kier alpha value is -11.4. The molecule has 46 heteroatoms. The summed E-state index contributed by atoms with van der Waals surface area (Å²) in [4.78, 5) is 159. The molecular weight excluding hydrogens is 1750 g/mol. The second kappa shape index (κ2) is 41.9. The van der Waals surface area contributed by atoms with Crippen LogP contribution in [0.15, 0.2) is 57.7 Å². The van der Waals surface area contributed by atoms with Crippen LogP contribution in [-0.4, -0.2) is 264 Å². The van der Waals surface area contributed by atoms with E-state index >= 15 is 0 Å². The number of aliphatic hydroxyl groups is 1. The van der Waals surface area contributed by atoms with Crippen LogP contribution in [0.2, 0.25) is 30.1 Å². The molecule has 6 aliphatic rings. The van der Waals surface area contributed by atoms with E-state index in [1.807, 2.05) is 0 Å². The van der Waals surface area contributed by atoms with Gasteiger partial charge in [0.05, 0.1) is 150 Å². The Morgan fingerprint density at radius 1 is 0.516 bits per heavy atom. The third-order valence-corrected chi connectivity index (χ3v) is 24.4. The number of carbonyl (C=O) groups is 10. The Kier molecular flexibility index (Phi) is 31.4. The number of hydrogen-bond donors (Lipinski definition) is 10. The predicted octanol–water partition coefficient (Wildman–Crippen LogP) is 6.39. The van der Waals surface area contributed by atoms with E-state index in [2.05, 4.69) is 87.8 Å². The van der Waals surface area contributed by atoms with Gasteiger partial charge in [-0.1, -0.05) is 85.9 Å². The van der Waals surface area contributed by atoms with Crippen LogP contribution in [0.5, 0.6) is 0 Å². The van der Waals surface area contributed by atoms with Crippen LogP contribution >= 0.6 is 92.3 Å². The monoisotopic (exact) mass is 1830 g/mol. The summed E-state index contributed by atoms with van der Waals surface area (Å²) in [6, 6.07) is 4.85. The van der Waals surface area contributed by atoms with E-state index in [-0.39, 0.29) is 128 Å². The van der Waals surface area contributed by atoms with Gasteiger partial charge >= 0.3 is 29.8 Å². The van der Waals surface area contributed by atoms with E-state index in [0.717, 1.165) is 43.7 Å². The lowest BCUT2D eigenvalue weighted by atomic mass is 9.96. The average molecular weight is 1830 g/mol. The number of aliphatic imine (C=N–C) groups is 3. The first-order valence-electron chi connectivity index (χ1n) is 37.6. The highest BCUT2D eigenvalue weighted by Crippen LogP contribution is 2.39. The minimum atomic E-state index is -1.24. The number of methoxy groups -OCH3 is 3. The quantitative estimate of drug-likeness (QED) is 0.0105. The fraction of sp³-hybridized carbons (Fsp3) is 0.421. The van der Waals surface area contributed by atoms with Crippen molar-refractivity contribution in [3.63, 3.8) is 0 Å². The smallest absolute Gasteiger partial charge is 0.330 e. The summed E-state index contributed by atoms with van der Waals surface area (Å²) in [5.41, 5.74) is 13.6. The fourth-order valence-electron chi connectivity index (χ4n) is 14.3. The number of ether oxygens (including phenoxy) is 5. The summed E-state index contributed by atoms with van der Waals surface area (Å²) in [5, 5.41) is 35.3. The normalized spacial score (nSPS) is 17.5. The molecule has 7 aromatic rings. The number of thiophene rings is 2. The molecule has 4 aromatic heterocycles. The van der Waals surface area contributed by atoms with Crippen LogP contribution in [0, 0.1) is 19.7 Å². The van der Waals surface area contributed by atoms with Crippen LogP contribution in [0.3, 0.4) is 0 Å². The SMILES string of the molecule is [C-]#[N+]NC(=NC[C@H](NC(=O)c1c(Cl)cc2c(c1Cl)CCN(C(=O)c1cc3[nH]ncc3s1)C2)C(=O)OC)N1CC[C@H](O)C1.[C-]#[N+]NC(=NC[C@H](NC(=O)c1c(Cl)cc2c(c1Cl)CCN(C(=O)c1cc3[nH]ncc3s1)C2)C(=O)OC)N1CC[C@H](OC(C)=O)C1.[C-]#[N+]NC(=NC[C@H](NC(=O)c1c(Cl)cc2c(c1Cl)CCNC2)C(=O)OC)N1CC[C@H](OC(C)=O)C1. The highest BCUT2D eigenvalue weighted by molar-refractivity contribution is 7.21. The largest absolute Gasteiger partial charge is 0.467 e. The van der Waals surface area contributed by atoms with Crippen LogP contribution in [-0.2, 0) is 86.6 Å². The number of benzene rings is 3. The summed E-state index contributed by atoms with van der Waals surface area (Å²) < 4.78 is 26.8. The Balaban J connectivity index is 0.000000180. The number of carbonyl (C=O) groups excluding carboxylic acids is 10. The molecule has 0 unspecified atom stereocenters. The number of amides is 5. The Labute approximate surface area is 734 Å². The molecule has 644 valence electrons. The van der Waals surface area contributed by atoms with Gasteiger partial charge in [0, 0.05) is 85.6 Å². The molecule has 0 aliphatic carbocycles. The highest BCUT2D eigenvalue weighted by Gasteiger charge is 2.37. The number of rotatable bonds is 19. The number of hydrogen-bond acceptors (Lipinski definition) is 24. The number of H-pyrrole nitrogens is 2. The Bertz CT molecular complexity index is 5390. The van der Waals surface area contributed by atoms with Crippen LogP contribution in [0.25, 0.3) is 35.3 Å². The number of fused-ring (bicyclic) bond motifs is 5. The molecule has 38 nitrogen and oxygen atoms in total. The standard InChI is InChI=1S/C28H28Cl2N8O6S.C26H26Cl2N8O5S.C22H26Cl2N6O5/c1-14(39)44-16-4-6-38(13-16)28(36-31-2)32-10-20(27(42)43-3)34-25(40)23-18(29)8-15-12-37(7-5-17(15)24(23)30)26(41)21-9-19-22(45-21)11-33-35-19;1-29-34-26(36-5-3-14(37)12-36)30-9-18(25(40)41-2)32-23(38)21-16(27)7-13-11-35(6-4-15(13)22(21)28)24(39)19-8-17-20(42-19)10-31-33-17;1-12(31)35-14-5-7-30(11-14)22(29-25-2)27-10-17(21(33)34-3)28-20(32)18-16(23)8-13-9-26-6-4-15(13)19(18)24/h8-9,11,16,20H,4-7,10,12-13H2,1,3H3,(H,32,36)(H,33,35)(H,34,40);7-8,10,14,18,37H,3-6,9,11-12H2,2H3,(H,30,34)(H,31,33)(H,32,38);8,14,17,26H,4-7,9-11H2,1,3H3,(H,27,29)(H,28,32)/t16-,20-;14-,18-;14-,17-/m000/s1. The topological polar surface area (TPSA) is 445 Å². The van der Waals surface area contributed by atoms with E-state index in [0.29, 0.717) is 117 Å². The van der Waals surface area contributed by atoms with Crippen molar-refractivity contribution in [3.8, 4) is 0 Å².